The Morgan fingerprint density at radius 1 is 0.680 bits per heavy atom. The fourth-order valence-electron chi connectivity index (χ4n) is 3.33. The summed E-state index contributed by atoms with van der Waals surface area (Å²) in [4.78, 5) is 0. The van der Waals surface area contributed by atoms with Crippen molar-refractivity contribution in [3.05, 3.63) is 0 Å². The predicted molar refractivity (Wildman–Crippen MR) is 90.4 cm³/mol. The van der Waals surface area contributed by atoms with Crippen LogP contribution in [0.2, 0.25) is 0 Å². The minimum absolute atomic E-state index is 0.156. The Bertz CT molecular complexity index is 658. The van der Waals surface area contributed by atoms with E-state index in [0.29, 0.717) is 52.6 Å². The molecule has 3 rings (SSSR count). The second kappa shape index (κ2) is 7.72. The summed E-state index contributed by atoms with van der Waals surface area (Å²) in [5, 5.41) is 0. The molecule has 25 heavy (non-hydrogen) atoms. The molecule has 0 bridgehead atoms. The molecular weight excluding hydrogens is 372 g/mol. The molecule has 0 N–H and O–H groups in total. The van der Waals surface area contributed by atoms with Crippen LogP contribution in [-0.4, -0.2) is 112 Å². The number of morpholine rings is 2. The van der Waals surface area contributed by atoms with Crippen LogP contribution < -0.4 is 0 Å². The van der Waals surface area contributed by atoms with Crippen LogP contribution in [-0.2, 0) is 29.9 Å². The summed E-state index contributed by atoms with van der Waals surface area (Å²) < 4.78 is 67.1. The molecule has 1 atom stereocenters. The first-order valence-electron chi connectivity index (χ1n) is 8.51. The standard InChI is InChI=1S/C13H26N4O6S2/c1-13-12-16(24(18,19)14-4-8-22-9-5-14)2-3-17(13)25(20,21)15-6-10-23-11-7-15/h13H,2-12H2,1H3/t13-/m1/s1. The van der Waals surface area contributed by atoms with Crippen molar-refractivity contribution in [3.63, 3.8) is 0 Å². The summed E-state index contributed by atoms with van der Waals surface area (Å²) in [6, 6.07) is -0.419. The van der Waals surface area contributed by atoms with Crippen molar-refractivity contribution < 1.29 is 26.3 Å². The van der Waals surface area contributed by atoms with Gasteiger partial charge in [0.05, 0.1) is 26.4 Å². The zero-order chi connectivity index (χ0) is 18.1. The Morgan fingerprint density at radius 3 is 1.64 bits per heavy atom. The van der Waals surface area contributed by atoms with Gasteiger partial charge in [-0.2, -0.15) is 34.1 Å². The SMILES string of the molecule is C[C@@H]1CN(S(=O)(=O)N2CCOCC2)CCN1S(=O)(=O)N1CCOCC1. The van der Waals surface area contributed by atoms with Gasteiger partial charge in [-0.25, -0.2) is 0 Å². The van der Waals surface area contributed by atoms with Crippen LogP contribution in [0.25, 0.3) is 0 Å². The van der Waals surface area contributed by atoms with Gasteiger partial charge in [0.2, 0.25) is 0 Å². The highest BCUT2D eigenvalue weighted by molar-refractivity contribution is 7.87. The van der Waals surface area contributed by atoms with Gasteiger partial charge >= 0.3 is 0 Å². The molecule has 3 aliphatic heterocycles. The highest BCUT2D eigenvalue weighted by Gasteiger charge is 2.41. The van der Waals surface area contributed by atoms with E-state index in [4.69, 9.17) is 9.47 Å². The second-order valence-corrected chi connectivity index (χ2v) is 10.2. The average Bonchev–Trinajstić information content (AvgIpc) is 2.63. The minimum Gasteiger partial charge on any atom is -0.379 e. The van der Waals surface area contributed by atoms with Crippen molar-refractivity contribution in [3.8, 4) is 0 Å². The molecular formula is C13H26N4O6S2. The molecule has 0 spiro atoms. The molecule has 0 radical (unpaired) electrons. The topological polar surface area (TPSA) is 99.7 Å². The van der Waals surface area contributed by atoms with Gasteiger partial charge < -0.3 is 9.47 Å². The normalized spacial score (nSPS) is 29.7. The molecule has 0 aliphatic carbocycles. The first kappa shape index (κ1) is 19.4. The molecule has 12 heteroatoms. The summed E-state index contributed by atoms with van der Waals surface area (Å²) in [6.45, 7) is 5.12. The van der Waals surface area contributed by atoms with Gasteiger partial charge in [0, 0.05) is 51.9 Å². The Hall–Kier alpha value is -0.340. The van der Waals surface area contributed by atoms with Crippen molar-refractivity contribution in [2.45, 2.75) is 13.0 Å². The third-order valence-electron chi connectivity index (χ3n) is 4.74. The van der Waals surface area contributed by atoms with E-state index in [9.17, 15) is 16.8 Å². The Labute approximate surface area is 149 Å². The van der Waals surface area contributed by atoms with Gasteiger partial charge in [-0.15, -0.1) is 0 Å². The van der Waals surface area contributed by atoms with Gasteiger partial charge in [-0.1, -0.05) is 0 Å². The summed E-state index contributed by atoms with van der Waals surface area (Å²) >= 11 is 0. The molecule has 0 amide bonds. The number of nitrogens with zero attached hydrogens (tertiary/aromatic N) is 4. The summed E-state index contributed by atoms with van der Waals surface area (Å²) in [7, 11) is -7.18. The van der Waals surface area contributed by atoms with Crippen molar-refractivity contribution in [2.75, 3.05) is 72.2 Å². The maximum atomic E-state index is 12.8. The number of hydrogen-bond donors (Lipinski definition) is 0. The molecule has 0 aromatic rings. The van der Waals surface area contributed by atoms with Gasteiger partial charge in [0.15, 0.2) is 0 Å². The Morgan fingerprint density at radius 2 is 1.16 bits per heavy atom. The highest BCUT2D eigenvalue weighted by Crippen LogP contribution is 2.22. The Balaban J connectivity index is 1.67. The smallest absolute Gasteiger partial charge is 0.282 e. The molecule has 10 nitrogen and oxygen atoms in total. The molecule has 3 aliphatic rings. The lowest BCUT2D eigenvalue weighted by Gasteiger charge is -2.42. The second-order valence-electron chi connectivity index (χ2n) is 6.36. The van der Waals surface area contributed by atoms with Crippen LogP contribution in [0.1, 0.15) is 6.92 Å². The predicted octanol–water partition coefficient (Wildman–Crippen LogP) is -1.85. The molecule has 0 unspecified atom stereocenters. The van der Waals surface area contributed by atoms with E-state index < -0.39 is 26.5 Å². The van der Waals surface area contributed by atoms with Crippen molar-refractivity contribution in [1.82, 2.24) is 17.2 Å². The van der Waals surface area contributed by atoms with Gasteiger partial charge in [0.25, 0.3) is 20.4 Å². The van der Waals surface area contributed by atoms with Crippen LogP contribution in [0.15, 0.2) is 0 Å². The maximum absolute atomic E-state index is 12.8. The zero-order valence-corrected chi connectivity index (χ0v) is 16.0. The first-order valence-corrected chi connectivity index (χ1v) is 11.3. The van der Waals surface area contributed by atoms with E-state index >= 15 is 0 Å². The number of hydrogen-bond acceptors (Lipinski definition) is 6. The fourth-order valence-corrected chi connectivity index (χ4v) is 6.72. The van der Waals surface area contributed by atoms with Crippen molar-refractivity contribution >= 4 is 20.4 Å². The van der Waals surface area contributed by atoms with Crippen LogP contribution in [0.4, 0.5) is 0 Å². The molecule has 3 fully saturated rings. The maximum Gasteiger partial charge on any atom is 0.282 e. The van der Waals surface area contributed by atoms with E-state index in [1.165, 1.54) is 17.2 Å². The third kappa shape index (κ3) is 4.00. The van der Waals surface area contributed by atoms with E-state index in [2.05, 4.69) is 0 Å². The van der Waals surface area contributed by atoms with Gasteiger partial charge in [-0.3, -0.25) is 0 Å². The molecule has 146 valence electrons. The van der Waals surface area contributed by atoms with E-state index in [1.54, 1.807) is 6.92 Å². The van der Waals surface area contributed by atoms with Crippen LogP contribution >= 0.6 is 0 Å². The molecule has 3 heterocycles. The summed E-state index contributed by atoms with van der Waals surface area (Å²) in [5.41, 5.74) is 0. The number of piperazine rings is 1. The lowest BCUT2D eigenvalue weighted by molar-refractivity contribution is 0.0650. The first-order chi connectivity index (χ1) is 11.8. The quantitative estimate of drug-likeness (QED) is 0.551. The van der Waals surface area contributed by atoms with E-state index in [1.807, 2.05) is 0 Å². The van der Waals surface area contributed by atoms with E-state index in [-0.39, 0.29) is 19.6 Å². The molecule has 3 saturated heterocycles. The van der Waals surface area contributed by atoms with Crippen LogP contribution in [0, 0.1) is 0 Å². The highest BCUT2D eigenvalue weighted by atomic mass is 32.2. The fraction of sp³-hybridized carbons (Fsp3) is 1.00. The average molecular weight is 399 g/mol. The number of rotatable bonds is 4. The molecule has 0 saturated carbocycles. The van der Waals surface area contributed by atoms with E-state index in [0.717, 1.165) is 0 Å². The minimum atomic E-state index is -3.60. The largest absolute Gasteiger partial charge is 0.379 e. The third-order valence-corrected chi connectivity index (χ3v) is 8.90. The molecule has 0 aromatic heterocycles. The van der Waals surface area contributed by atoms with Crippen molar-refractivity contribution in [1.29, 1.82) is 0 Å². The molecule has 0 aromatic carbocycles. The van der Waals surface area contributed by atoms with Gasteiger partial charge in [-0.05, 0) is 6.92 Å². The monoisotopic (exact) mass is 398 g/mol. The van der Waals surface area contributed by atoms with Gasteiger partial charge in [0.1, 0.15) is 0 Å². The van der Waals surface area contributed by atoms with Crippen LogP contribution in [0.5, 0.6) is 0 Å². The van der Waals surface area contributed by atoms with Crippen molar-refractivity contribution in [2.24, 2.45) is 0 Å². The summed E-state index contributed by atoms with van der Waals surface area (Å²) in [6.07, 6.45) is 0. The summed E-state index contributed by atoms with van der Waals surface area (Å²) in [5.74, 6) is 0. The lowest BCUT2D eigenvalue weighted by atomic mass is 10.3. The lowest BCUT2D eigenvalue weighted by Crippen LogP contribution is -2.61. The zero-order valence-electron chi connectivity index (χ0n) is 14.4. The number of ether oxygens (including phenoxy) is 2. The van der Waals surface area contributed by atoms with Crippen LogP contribution in [0.3, 0.4) is 0 Å². The Kier molecular flexibility index (Phi) is 6.00.